The van der Waals surface area contributed by atoms with Crippen molar-refractivity contribution in [1.82, 2.24) is 4.31 Å². The maximum Gasteiger partial charge on any atom is 0.258 e. The summed E-state index contributed by atoms with van der Waals surface area (Å²) < 4.78 is 47.2. The molecule has 31 heavy (non-hydrogen) atoms. The summed E-state index contributed by atoms with van der Waals surface area (Å²) in [4.78, 5) is 12.6. The summed E-state index contributed by atoms with van der Waals surface area (Å²) in [5.74, 6) is -1.10. The van der Waals surface area contributed by atoms with Crippen molar-refractivity contribution < 1.29 is 22.3 Å². The first-order chi connectivity index (χ1) is 14.9. The molecule has 1 amide bonds. The van der Waals surface area contributed by atoms with Crippen LogP contribution in [0.4, 0.5) is 10.1 Å². The van der Waals surface area contributed by atoms with Crippen molar-refractivity contribution in [2.24, 2.45) is 0 Å². The lowest BCUT2D eigenvalue weighted by atomic mass is 10.0. The molecule has 1 aliphatic rings. The van der Waals surface area contributed by atoms with Gasteiger partial charge in [-0.3, -0.25) is 4.79 Å². The number of sulfonamides is 1. The van der Waals surface area contributed by atoms with Gasteiger partial charge in [0.25, 0.3) is 5.91 Å². The summed E-state index contributed by atoms with van der Waals surface area (Å²) in [6.45, 7) is 0.643. The van der Waals surface area contributed by atoms with Crippen LogP contribution in [-0.4, -0.2) is 32.3 Å². The molecule has 6 nitrogen and oxygen atoms in total. The number of rotatable bonds is 5. The molecule has 0 atom stereocenters. The van der Waals surface area contributed by atoms with E-state index in [1.807, 2.05) is 24.3 Å². The van der Waals surface area contributed by atoms with E-state index in [0.717, 1.165) is 11.1 Å². The molecule has 1 aliphatic heterocycles. The highest BCUT2D eigenvalue weighted by Crippen LogP contribution is 2.31. The summed E-state index contributed by atoms with van der Waals surface area (Å²) >= 11 is 0. The zero-order chi connectivity index (χ0) is 22.0. The van der Waals surface area contributed by atoms with Crippen LogP contribution in [0, 0.1) is 5.82 Å². The van der Waals surface area contributed by atoms with E-state index in [4.69, 9.17) is 4.74 Å². The van der Waals surface area contributed by atoms with Crippen molar-refractivity contribution in [3.8, 4) is 5.75 Å². The molecular formula is C23H21FN2O4S. The number of carbonyl (C=O) groups excluding carboxylic acids is 1. The van der Waals surface area contributed by atoms with Gasteiger partial charge in [0, 0.05) is 13.1 Å². The number of amides is 1. The first-order valence-electron chi connectivity index (χ1n) is 9.71. The number of nitrogens with one attached hydrogen (secondary N) is 1. The number of anilines is 1. The Kier molecular flexibility index (Phi) is 5.75. The van der Waals surface area contributed by atoms with E-state index in [1.165, 1.54) is 47.8 Å². The molecule has 0 aliphatic carbocycles. The lowest BCUT2D eigenvalue weighted by Crippen LogP contribution is -2.36. The minimum Gasteiger partial charge on any atom is -0.495 e. The lowest BCUT2D eigenvalue weighted by Gasteiger charge is -2.28. The van der Waals surface area contributed by atoms with Crippen molar-refractivity contribution in [1.29, 1.82) is 0 Å². The van der Waals surface area contributed by atoms with E-state index >= 15 is 0 Å². The van der Waals surface area contributed by atoms with Gasteiger partial charge >= 0.3 is 0 Å². The van der Waals surface area contributed by atoms with Crippen LogP contribution >= 0.6 is 0 Å². The van der Waals surface area contributed by atoms with Crippen LogP contribution in [0.5, 0.6) is 5.75 Å². The summed E-state index contributed by atoms with van der Waals surface area (Å²) in [5, 5.41) is 2.56. The fourth-order valence-electron chi connectivity index (χ4n) is 3.60. The number of carbonyl (C=O) groups is 1. The summed E-state index contributed by atoms with van der Waals surface area (Å²) in [6, 6.07) is 17.6. The number of hydrogen-bond donors (Lipinski definition) is 1. The molecule has 8 heteroatoms. The van der Waals surface area contributed by atoms with E-state index < -0.39 is 21.7 Å². The molecule has 0 aromatic heterocycles. The fourth-order valence-corrected chi connectivity index (χ4v) is 5.05. The van der Waals surface area contributed by atoms with Crippen molar-refractivity contribution in [3.05, 3.63) is 89.2 Å². The van der Waals surface area contributed by atoms with Gasteiger partial charge in [-0.05, 0) is 47.9 Å². The van der Waals surface area contributed by atoms with Gasteiger partial charge in [-0.25, -0.2) is 12.8 Å². The molecule has 4 rings (SSSR count). The van der Waals surface area contributed by atoms with Crippen LogP contribution in [0.1, 0.15) is 21.5 Å². The zero-order valence-corrected chi connectivity index (χ0v) is 17.7. The lowest BCUT2D eigenvalue weighted by molar-refractivity contribution is 0.102. The largest absolute Gasteiger partial charge is 0.495 e. The van der Waals surface area contributed by atoms with Crippen molar-refractivity contribution in [3.63, 3.8) is 0 Å². The molecule has 3 aromatic rings. The Balaban J connectivity index is 1.64. The Bertz CT molecular complexity index is 1240. The molecule has 0 bridgehead atoms. The highest BCUT2D eigenvalue weighted by Gasteiger charge is 2.29. The van der Waals surface area contributed by atoms with Crippen LogP contribution in [-0.2, 0) is 23.0 Å². The number of halogens is 1. The zero-order valence-electron chi connectivity index (χ0n) is 16.8. The molecule has 0 spiro atoms. The van der Waals surface area contributed by atoms with Gasteiger partial charge in [-0.1, -0.05) is 36.4 Å². The van der Waals surface area contributed by atoms with E-state index in [1.54, 1.807) is 6.07 Å². The van der Waals surface area contributed by atoms with E-state index in [0.29, 0.717) is 13.0 Å². The second-order valence-corrected chi connectivity index (χ2v) is 9.09. The van der Waals surface area contributed by atoms with Crippen LogP contribution in [0.3, 0.4) is 0 Å². The fraction of sp³-hybridized carbons (Fsp3) is 0.174. The molecule has 0 radical (unpaired) electrons. The van der Waals surface area contributed by atoms with Gasteiger partial charge in [0.2, 0.25) is 10.0 Å². The number of ether oxygens (including phenoxy) is 1. The van der Waals surface area contributed by atoms with Crippen molar-refractivity contribution in [2.75, 3.05) is 19.0 Å². The average molecular weight is 440 g/mol. The monoisotopic (exact) mass is 440 g/mol. The molecule has 0 saturated carbocycles. The average Bonchev–Trinajstić information content (AvgIpc) is 2.79. The van der Waals surface area contributed by atoms with Gasteiger partial charge in [0.1, 0.15) is 11.6 Å². The smallest absolute Gasteiger partial charge is 0.258 e. The minimum atomic E-state index is -3.81. The number of methoxy groups -OCH3 is 1. The molecule has 0 fully saturated rings. The van der Waals surface area contributed by atoms with Gasteiger partial charge in [-0.2, -0.15) is 4.31 Å². The highest BCUT2D eigenvalue weighted by molar-refractivity contribution is 7.89. The summed E-state index contributed by atoms with van der Waals surface area (Å²) in [7, 11) is -2.40. The molecule has 0 saturated heterocycles. The predicted molar refractivity (Wildman–Crippen MR) is 115 cm³/mol. The van der Waals surface area contributed by atoms with Crippen LogP contribution in [0.2, 0.25) is 0 Å². The summed E-state index contributed by atoms with van der Waals surface area (Å²) in [6.07, 6.45) is 0.627. The third-order valence-corrected chi connectivity index (χ3v) is 7.11. The number of hydrogen-bond acceptors (Lipinski definition) is 4. The highest BCUT2D eigenvalue weighted by atomic mass is 32.2. The maximum atomic E-state index is 14.0. The van der Waals surface area contributed by atoms with Gasteiger partial charge in [0.15, 0.2) is 0 Å². The van der Waals surface area contributed by atoms with Gasteiger partial charge in [-0.15, -0.1) is 0 Å². The normalized spacial score (nSPS) is 14.0. The number of nitrogens with zero attached hydrogens (tertiary/aromatic N) is 1. The van der Waals surface area contributed by atoms with Gasteiger partial charge in [0.05, 0.1) is 23.3 Å². The SMILES string of the molecule is COc1ccc(S(=O)(=O)N2CCc3ccccc3C2)cc1NC(=O)c1ccccc1F. The van der Waals surface area contributed by atoms with E-state index in [2.05, 4.69) is 5.32 Å². The molecule has 1 heterocycles. The topological polar surface area (TPSA) is 75.7 Å². The first kappa shape index (κ1) is 21.0. The summed E-state index contributed by atoms with van der Waals surface area (Å²) in [5.41, 5.74) is 2.11. The van der Waals surface area contributed by atoms with Gasteiger partial charge < -0.3 is 10.1 Å². The Morgan fingerprint density at radius 1 is 1.03 bits per heavy atom. The molecule has 3 aromatic carbocycles. The molecule has 160 valence electrons. The van der Waals surface area contributed by atoms with E-state index in [-0.39, 0.29) is 28.4 Å². The molecule has 1 N–H and O–H groups in total. The maximum absolute atomic E-state index is 14.0. The molecular weight excluding hydrogens is 419 g/mol. The third kappa shape index (κ3) is 4.17. The van der Waals surface area contributed by atoms with Crippen LogP contribution < -0.4 is 10.1 Å². The van der Waals surface area contributed by atoms with Crippen LogP contribution in [0.15, 0.2) is 71.6 Å². The third-order valence-electron chi connectivity index (χ3n) is 5.27. The Labute approximate surface area is 180 Å². The predicted octanol–water partition coefficient (Wildman–Crippen LogP) is 3.83. The molecule has 0 unspecified atom stereocenters. The first-order valence-corrected chi connectivity index (χ1v) is 11.1. The quantitative estimate of drug-likeness (QED) is 0.654. The second-order valence-electron chi connectivity index (χ2n) is 7.15. The van der Waals surface area contributed by atoms with Crippen LogP contribution in [0.25, 0.3) is 0 Å². The minimum absolute atomic E-state index is 0.0246. The number of benzene rings is 3. The Morgan fingerprint density at radius 3 is 2.48 bits per heavy atom. The Hall–Kier alpha value is -3.23. The van der Waals surface area contributed by atoms with Crippen molar-refractivity contribution >= 4 is 21.6 Å². The Morgan fingerprint density at radius 2 is 1.74 bits per heavy atom. The van der Waals surface area contributed by atoms with E-state index in [9.17, 15) is 17.6 Å². The number of fused-ring (bicyclic) bond motifs is 1. The van der Waals surface area contributed by atoms with Crippen molar-refractivity contribution in [2.45, 2.75) is 17.9 Å². The second kappa shape index (κ2) is 8.49. The standard InChI is InChI=1S/C23H21FN2O4S/c1-30-22-11-10-18(14-21(22)25-23(27)19-8-4-5-9-20(19)24)31(28,29)26-13-12-16-6-2-3-7-17(16)15-26/h2-11,14H,12-13,15H2,1H3,(H,25,27).